The van der Waals surface area contributed by atoms with Crippen LogP contribution in [0.4, 0.5) is 0 Å². The number of carboxylic acids is 1. The summed E-state index contributed by atoms with van der Waals surface area (Å²) in [4.78, 5) is 25.2. The topological polar surface area (TPSA) is 66.8 Å². The molecule has 1 saturated heterocycles. The Kier molecular flexibility index (Phi) is 9.50. The van der Waals surface area contributed by atoms with E-state index in [9.17, 15) is 9.59 Å². The van der Waals surface area contributed by atoms with E-state index >= 15 is 0 Å². The number of carbonyl (C=O) groups is 2. The van der Waals surface area contributed by atoms with Crippen LogP contribution in [0.15, 0.2) is 29.2 Å². The number of thioether (sulfide) groups is 1. The first-order valence-electron chi connectivity index (χ1n) is 9.71. The van der Waals surface area contributed by atoms with Crippen molar-refractivity contribution in [3.8, 4) is 5.75 Å². The summed E-state index contributed by atoms with van der Waals surface area (Å²) in [5.41, 5.74) is 0.904. The quantitative estimate of drug-likeness (QED) is 0.288. The van der Waals surface area contributed by atoms with Crippen LogP contribution in [0, 0.1) is 0 Å². The van der Waals surface area contributed by atoms with E-state index in [1.54, 1.807) is 0 Å². The number of thiocarbonyl (C=S) groups is 1. The minimum Gasteiger partial charge on any atom is -0.494 e. The average Bonchev–Trinajstić information content (AvgIpc) is 2.93. The Morgan fingerprint density at radius 2 is 1.89 bits per heavy atom. The molecule has 1 fully saturated rings. The largest absolute Gasteiger partial charge is 0.494 e. The number of ether oxygens (including phenoxy) is 1. The summed E-state index contributed by atoms with van der Waals surface area (Å²) in [6.07, 6.45) is 8.25. The van der Waals surface area contributed by atoms with Crippen molar-refractivity contribution in [1.82, 2.24) is 4.90 Å². The van der Waals surface area contributed by atoms with Crippen LogP contribution in [0.25, 0.3) is 6.08 Å². The van der Waals surface area contributed by atoms with E-state index in [1.807, 2.05) is 30.3 Å². The van der Waals surface area contributed by atoms with Gasteiger partial charge in [-0.2, -0.15) is 0 Å². The molecule has 0 bridgehead atoms. The number of benzene rings is 1. The van der Waals surface area contributed by atoms with Crippen molar-refractivity contribution in [2.75, 3.05) is 13.2 Å². The Balaban J connectivity index is 1.84. The Bertz CT molecular complexity index is 716. The Labute approximate surface area is 176 Å². The van der Waals surface area contributed by atoms with E-state index < -0.39 is 5.97 Å². The van der Waals surface area contributed by atoms with Gasteiger partial charge in [-0.25, -0.2) is 0 Å². The Morgan fingerprint density at radius 3 is 2.57 bits per heavy atom. The SMILES string of the molecule is CCCCCCCOc1ccc(/C=C2\SC(=S)N(CCCC(=O)O)C2=O)cc1. The molecule has 1 aromatic rings. The van der Waals surface area contributed by atoms with Crippen LogP contribution in [-0.2, 0) is 9.59 Å². The molecule has 0 unspecified atom stereocenters. The van der Waals surface area contributed by atoms with E-state index in [0.29, 0.717) is 22.2 Å². The van der Waals surface area contributed by atoms with E-state index in [2.05, 4.69) is 6.92 Å². The Hall–Kier alpha value is -1.86. The molecule has 1 N–H and O–H groups in total. The lowest BCUT2D eigenvalue weighted by atomic mass is 10.1. The van der Waals surface area contributed by atoms with Crippen molar-refractivity contribution in [3.63, 3.8) is 0 Å². The maximum atomic E-state index is 12.5. The molecule has 1 aliphatic rings. The maximum absolute atomic E-state index is 12.5. The van der Waals surface area contributed by atoms with Gasteiger partial charge in [0.25, 0.3) is 5.91 Å². The average molecular weight is 422 g/mol. The normalized spacial score (nSPS) is 15.5. The molecule has 2 rings (SSSR count). The fourth-order valence-electron chi connectivity index (χ4n) is 2.79. The summed E-state index contributed by atoms with van der Waals surface area (Å²) in [6, 6.07) is 7.66. The van der Waals surface area contributed by atoms with Crippen molar-refractivity contribution in [3.05, 3.63) is 34.7 Å². The second kappa shape index (κ2) is 11.9. The molecule has 1 heterocycles. The minimum absolute atomic E-state index is 0.0240. The van der Waals surface area contributed by atoms with Gasteiger partial charge in [0.15, 0.2) is 0 Å². The minimum atomic E-state index is -0.871. The van der Waals surface area contributed by atoms with Gasteiger partial charge < -0.3 is 9.84 Å². The van der Waals surface area contributed by atoms with Crippen molar-refractivity contribution in [1.29, 1.82) is 0 Å². The fraction of sp³-hybridized carbons (Fsp3) is 0.476. The molecule has 0 radical (unpaired) electrons. The monoisotopic (exact) mass is 421 g/mol. The first-order valence-corrected chi connectivity index (χ1v) is 10.9. The molecule has 0 aliphatic carbocycles. The zero-order valence-electron chi connectivity index (χ0n) is 16.2. The lowest BCUT2D eigenvalue weighted by Gasteiger charge is -2.13. The van der Waals surface area contributed by atoms with Crippen molar-refractivity contribution < 1.29 is 19.4 Å². The van der Waals surface area contributed by atoms with Gasteiger partial charge in [0, 0.05) is 13.0 Å². The summed E-state index contributed by atoms with van der Waals surface area (Å²) < 4.78 is 6.24. The van der Waals surface area contributed by atoms with Crippen LogP contribution in [-0.4, -0.2) is 39.4 Å². The third kappa shape index (κ3) is 7.28. The lowest BCUT2D eigenvalue weighted by Crippen LogP contribution is -2.29. The van der Waals surface area contributed by atoms with Gasteiger partial charge in [-0.1, -0.05) is 68.7 Å². The van der Waals surface area contributed by atoms with E-state index in [0.717, 1.165) is 24.3 Å². The van der Waals surface area contributed by atoms with Crippen molar-refractivity contribution >= 4 is 46.3 Å². The first-order chi connectivity index (χ1) is 13.5. The molecule has 0 atom stereocenters. The smallest absolute Gasteiger partial charge is 0.303 e. The molecule has 0 saturated carbocycles. The molecule has 1 aliphatic heterocycles. The van der Waals surface area contributed by atoms with Crippen LogP contribution >= 0.6 is 24.0 Å². The van der Waals surface area contributed by atoms with Gasteiger partial charge in [0.2, 0.25) is 0 Å². The summed E-state index contributed by atoms with van der Waals surface area (Å²) in [7, 11) is 0. The molecule has 7 heteroatoms. The van der Waals surface area contributed by atoms with Gasteiger partial charge in [0.1, 0.15) is 10.1 Å². The number of amides is 1. The summed E-state index contributed by atoms with van der Waals surface area (Å²) in [5.74, 6) is -0.203. The molecule has 0 spiro atoms. The van der Waals surface area contributed by atoms with Gasteiger partial charge in [-0.3, -0.25) is 14.5 Å². The molecule has 5 nitrogen and oxygen atoms in total. The fourth-order valence-corrected chi connectivity index (χ4v) is 4.10. The third-order valence-electron chi connectivity index (χ3n) is 4.34. The third-order valence-corrected chi connectivity index (χ3v) is 5.72. The van der Waals surface area contributed by atoms with Crippen LogP contribution in [0.1, 0.15) is 57.4 Å². The zero-order valence-corrected chi connectivity index (χ0v) is 17.8. The van der Waals surface area contributed by atoms with Gasteiger partial charge in [-0.15, -0.1) is 0 Å². The second-order valence-corrected chi connectivity index (χ2v) is 8.34. The maximum Gasteiger partial charge on any atom is 0.303 e. The Morgan fingerprint density at radius 1 is 1.18 bits per heavy atom. The predicted molar refractivity (Wildman–Crippen MR) is 117 cm³/mol. The number of hydrogen-bond acceptors (Lipinski definition) is 5. The van der Waals surface area contributed by atoms with Crippen molar-refractivity contribution in [2.24, 2.45) is 0 Å². The van der Waals surface area contributed by atoms with Crippen LogP contribution in [0.5, 0.6) is 5.75 Å². The summed E-state index contributed by atoms with van der Waals surface area (Å²) in [5, 5.41) is 8.73. The predicted octanol–water partition coefficient (Wildman–Crippen LogP) is 5.10. The number of aliphatic carboxylic acids is 1. The molecule has 28 heavy (non-hydrogen) atoms. The first kappa shape index (κ1) is 22.4. The molecular weight excluding hydrogens is 394 g/mol. The molecule has 1 amide bonds. The lowest BCUT2D eigenvalue weighted by molar-refractivity contribution is -0.137. The van der Waals surface area contributed by atoms with E-state index in [4.69, 9.17) is 22.1 Å². The number of nitrogens with zero attached hydrogens (tertiary/aromatic N) is 1. The number of rotatable bonds is 12. The van der Waals surface area contributed by atoms with Crippen molar-refractivity contribution in [2.45, 2.75) is 51.9 Å². The van der Waals surface area contributed by atoms with Gasteiger partial charge in [-0.05, 0) is 36.6 Å². The number of carboxylic acid groups (broad SMARTS) is 1. The number of carbonyl (C=O) groups excluding carboxylic acids is 1. The van der Waals surface area contributed by atoms with E-state index in [1.165, 1.54) is 42.3 Å². The highest BCUT2D eigenvalue weighted by molar-refractivity contribution is 8.26. The molecular formula is C21H27NO4S2. The summed E-state index contributed by atoms with van der Waals surface area (Å²) in [6.45, 7) is 3.26. The second-order valence-electron chi connectivity index (χ2n) is 6.66. The zero-order chi connectivity index (χ0) is 20.4. The highest BCUT2D eigenvalue weighted by atomic mass is 32.2. The van der Waals surface area contributed by atoms with Crippen LogP contribution in [0.2, 0.25) is 0 Å². The van der Waals surface area contributed by atoms with Crippen LogP contribution < -0.4 is 4.74 Å². The number of hydrogen-bond donors (Lipinski definition) is 1. The summed E-state index contributed by atoms with van der Waals surface area (Å²) >= 11 is 6.51. The van der Waals surface area contributed by atoms with Crippen LogP contribution in [0.3, 0.4) is 0 Å². The number of unbranched alkanes of at least 4 members (excludes halogenated alkanes) is 4. The van der Waals surface area contributed by atoms with Gasteiger partial charge >= 0.3 is 5.97 Å². The molecule has 0 aromatic heterocycles. The molecule has 152 valence electrons. The standard InChI is InChI=1S/C21H27NO4S2/c1-2-3-4-5-6-14-26-17-11-9-16(10-12-17)15-18-20(25)22(21(27)28-18)13-7-8-19(23)24/h9-12,15H,2-8,13-14H2,1H3,(H,23,24)/b18-15-. The highest BCUT2D eigenvalue weighted by Crippen LogP contribution is 2.33. The molecule has 1 aromatic carbocycles. The van der Waals surface area contributed by atoms with Gasteiger partial charge in [0.05, 0.1) is 11.5 Å². The highest BCUT2D eigenvalue weighted by Gasteiger charge is 2.31. The van der Waals surface area contributed by atoms with E-state index in [-0.39, 0.29) is 12.3 Å².